The summed E-state index contributed by atoms with van der Waals surface area (Å²) in [5.41, 5.74) is 6.60. The van der Waals surface area contributed by atoms with Gasteiger partial charge in [0.05, 0.1) is 29.1 Å². The van der Waals surface area contributed by atoms with E-state index in [1.54, 1.807) is 31.0 Å². The molecule has 10 nitrogen and oxygen atoms in total. The predicted molar refractivity (Wildman–Crippen MR) is 144 cm³/mol. The van der Waals surface area contributed by atoms with Gasteiger partial charge in [-0.15, -0.1) is 0 Å². The van der Waals surface area contributed by atoms with Gasteiger partial charge in [0.2, 0.25) is 0 Å². The monoisotopic (exact) mass is 503 g/mol. The van der Waals surface area contributed by atoms with Crippen molar-refractivity contribution >= 4 is 22.1 Å². The second-order valence-electron chi connectivity index (χ2n) is 9.38. The number of nitrogens with zero attached hydrogens (tertiary/aromatic N) is 7. The molecule has 0 aromatic carbocycles. The second kappa shape index (κ2) is 9.64. The lowest BCUT2D eigenvalue weighted by Gasteiger charge is -2.15. The Hall–Kier alpha value is -4.70. The van der Waals surface area contributed by atoms with Crippen LogP contribution in [-0.2, 0) is 0 Å². The lowest BCUT2D eigenvalue weighted by Crippen LogP contribution is -2.25. The molecule has 0 radical (unpaired) electrons. The van der Waals surface area contributed by atoms with Gasteiger partial charge < -0.3 is 9.72 Å². The summed E-state index contributed by atoms with van der Waals surface area (Å²) in [6.07, 6.45) is 13.2. The minimum Gasteiger partial charge on any atom is -0.491 e. The molecule has 188 valence electrons. The van der Waals surface area contributed by atoms with Gasteiger partial charge in [0, 0.05) is 53.4 Å². The highest BCUT2D eigenvalue weighted by Gasteiger charge is 2.17. The maximum absolute atomic E-state index is 6.00. The van der Waals surface area contributed by atoms with Crippen molar-refractivity contribution in [3.05, 3.63) is 67.5 Å². The number of aromatic nitrogens is 8. The van der Waals surface area contributed by atoms with Gasteiger partial charge in [0.15, 0.2) is 11.5 Å². The average Bonchev–Trinajstić information content (AvgIpc) is 3.73. The molecule has 1 fully saturated rings. The van der Waals surface area contributed by atoms with Gasteiger partial charge in [-0.2, -0.15) is 5.10 Å². The molecule has 0 bridgehead atoms. The maximum atomic E-state index is 6.00. The highest BCUT2D eigenvalue weighted by molar-refractivity contribution is 5.96. The smallest absolute Gasteiger partial charge is 0.178 e. The highest BCUT2D eigenvalue weighted by Crippen LogP contribution is 2.32. The molecule has 1 aliphatic rings. The van der Waals surface area contributed by atoms with Gasteiger partial charge in [0.25, 0.3) is 0 Å². The summed E-state index contributed by atoms with van der Waals surface area (Å²) in [4.78, 5) is 28.4. The number of pyridine rings is 4. The van der Waals surface area contributed by atoms with Crippen LogP contribution in [0.4, 0.5) is 0 Å². The molecule has 0 spiro atoms. The van der Waals surface area contributed by atoms with Crippen LogP contribution in [0.5, 0.6) is 5.75 Å². The van der Waals surface area contributed by atoms with Crippen molar-refractivity contribution < 1.29 is 4.74 Å². The van der Waals surface area contributed by atoms with Crippen LogP contribution < -0.4 is 4.74 Å². The maximum Gasteiger partial charge on any atom is 0.178 e. The zero-order valence-corrected chi connectivity index (χ0v) is 20.6. The molecule has 0 unspecified atom stereocenters. The fourth-order valence-electron chi connectivity index (χ4n) is 4.98. The predicted octanol–water partition coefficient (Wildman–Crippen LogP) is 4.49. The van der Waals surface area contributed by atoms with Crippen LogP contribution in [0, 0.1) is 0 Å². The van der Waals surface area contributed by atoms with Crippen molar-refractivity contribution in [3.63, 3.8) is 0 Å². The molecule has 0 atom stereocenters. The minimum absolute atomic E-state index is 0.620. The van der Waals surface area contributed by atoms with Crippen LogP contribution >= 0.6 is 0 Å². The number of H-pyrrole nitrogens is 2. The molecule has 0 amide bonds. The summed E-state index contributed by atoms with van der Waals surface area (Å²) in [6.45, 7) is 3.89. The molecular formula is C28H25N9O. The number of nitrogens with one attached hydrogen (secondary N) is 2. The van der Waals surface area contributed by atoms with E-state index in [-0.39, 0.29) is 0 Å². The molecule has 7 heterocycles. The van der Waals surface area contributed by atoms with Crippen molar-refractivity contribution in [2.75, 3.05) is 26.2 Å². The Bertz CT molecular complexity index is 1720. The van der Waals surface area contributed by atoms with Crippen LogP contribution in [0.1, 0.15) is 12.8 Å². The number of fused-ring (bicyclic) bond motifs is 2. The normalized spacial score (nSPS) is 14.0. The third-order valence-corrected chi connectivity index (χ3v) is 6.92. The number of aromatic amines is 2. The summed E-state index contributed by atoms with van der Waals surface area (Å²) >= 11 is 0. The minimum atomic E-state index is 0.620. The fourth-order valence-corrected chi connectivity index (χ4v) is 4.98. The molecule has 38 heavy (non-hydrogen) atoms. The van der Waals surface area contributed by atoms with Crippen LogP contribution in [0.2, 0.25) is 0 Å². The molecule has 10 heteroatoms. The molecule has 6 aromatic heterocycles. The van der Waals surface area contributed by atoms with Gasteiger partial charge in [-0.1, -0.05) is 6.07 Å². The molecule has 1 saturated heterocycles. The van der Waals surface area contributed by atoms with Gasteiger partial charge in [0.1, 0.15) is 18.1 Å². The van der Waals surface area contributed by atoms with Crippen molar-refractivity contribution in [2.45, 2.75) is 12.8 Å². The third kappa shape index (κ3) is 4.24. The topological polar surface area (TPSA) is 121 Å². The van der Waals surface area contributed by atoms with E-state index < -0.39 is 0 Å². The zero-order valence-electron chi connectivity index (χ0n) is 20.6. The first-order valence-corrected chi connectivity index (χ1v) is 12.7. The Labute approximate surface area is 218 Å². The van der Waals surface area contributed by atoms with Crippen LogP contribution in [0.15, 0.2) is 67.5 Å². The standard InChI is InChI=1S/C28H25N9O/c1-2-9-37(8-1)10-11-38-20-12-19(15-30-16-20)23-13-22-24(17-32-23)35-36-26(22)28-33-25-21(5-7-31-27(25)34-28)18-4-3-6-29-14-18/h3-7,12-17H,1-2,8-11H2,(H,35,36)(H,31,33,34). The van der Waals surface area contributed by atoms with Crippen molar-refractivity contribution in [3.8, 4) is 39.7 Å². The van der Waals surface area contributed by atoms with E-state index in [2.05, 4.69) is 40.0 Å². The quantitative estimate of drug-likeness (QED) is 0.327. The summed E-state index contributed by atoms with van der Waals surface area (Å²) in [5, 5.41) is 8.52. The first-order chi connectivity index (χ1) is 18.8. The number of likely N-dealkylation sites (tertiary alicyclic amines) is 1. The van der Waals surface area contributed by atoms with Crippen molar-refractivity contribution in [1.29, 1.82) is 0 Å². The Morgan fingerprint density at radius 2 is 1.84 bits per heavy atom. The largest absolute Gasteiger partial charge is 0.491 e. The van der Waals surface area contributed by atoms with E-state index in [1.807, 2.05) is 36.5 Å². The lowest BCUT2D eigenvalue weighted by molar-refractivity contribution is 0.237. The van der Waals surface area contributed by atoms with Crippen LogP contribution in [0.25, 0.3) is 56.0 Å². The van der Waals surface area contributed by atoms with Gasteiger partial charge in [-0.05, 0) is 50.2 Å². The van der Waals surface area contributed by atoms with Crippen LogP contribution in [0.3, 0.4) is 0 Å². The van der Waals surface area contributed by atoms with Crippen LogP contribution in [-0.4, -0.2) is 71.2 Å². The van der Waals surface area contributed by atoms with Gasteiger partial charge >= 0.3 is 0 Å². The Morgan fingerprint density at radius 3 is 2.74 bits per heavy atom. The molecule has 1 aliphatic heterocycles. The summed E-state index contributed by atoms with van der Waals surface area (Å²) < 4.78 is 6.00. The van der Waals surface area contributed by atoms with Gasteiger partial charge in [-0.3, -0.25) is 25.0 Å². The van der Waals surface area contributed by atoms with Gasteiger partial charge in [-0.25, -0.2) is 9.97 Å². The van der Waals surface area contributed by atoms with E-state index >= 15 is 0 Å². The van der Waals surface area contributed by atoms with E-state index in [9.17, 15) is 0 Å². The second-order valence-corrected chi connectivity index (χ2v) is 9.38. The first-order valence-electron chi connectivity index (χ1n) is 12.7. The average molecular weight is 504 g/mol. The third-order valence-electron chi connectivity index (χ3n) is 6.92. The summed E-state index contributed by atoms with van der Waals surface area (Å²) in [5.74, 6) is 1.37. The van der Waals surface area contributed by atoms with Crippen molar-refractivity contribution in [2.24, 2.45) is 0 Å². The van der Waals surface area contributed by atoms with E-state index in [4.69, 9.17) is 9.72 Å². The Kier molecular flexibility index (Phi) is 5.71. The summed E-state index contributed by atoms with van der Waals surface area (Å²) in [7, 11) is 0. The number of imidazole rings is 1. The fraction of sp³-hybridized carbons (Fsp3) is 0.214. The first kappa shape index (κ1) is 22.5. The summed E-state index contributed by atoms with van der Waals surface area (Å²) in [6, 6.07) is 9.87. The molecule has 7 rings (SSSR count). The molecule has 0 aliphatic carbocycles. The van der Waals surface area contributed by atoms with E-state index in [1.165, 1.54) is 12.8 Å². The zero-order chi connectivity index (χ0) is 25.3. The Balaban J connectivity index is 1.20. The van der Waals surface area contributed by atoms with E-state index in [0.29, 0.717) is 23.8 Å². The van der Waals surface area contributed by atoms with Crippen molar-refractivity contribution in [1.82, 2.24) is 45.0 Å². The Morgan fingerprint density at radius 1 is 0.921 bits per heavy atom. The molecule has 6 aromatic rings. The highest BCUT2D eigenvalue weighted by atomic mass is 16.5. The number of ether oxygens (including phenoxy) is 1. The molecule has 2 N–H and O–H groups in total. The molecular weight excluding hydrogens is 478 g/mol. The molecule has 0 saturated carbocycles. The van der Waals surface area contributed by atoms with E-state index in [0.717, 1.165) is 64.2 Å². The number of hydrogen-bond donors (Lipinski definition) is 2. The SMILES string of the molecule is c1cncc(-c2ccnc3nc(-c4n[nH]c5cnc(-c6cncc(OCCN7CCCC7)c6)cc45)[nH]c23)c1. The number of hydrogen-bond acceptors (Lipinski definition) is 8. The number of rotatable bonds is 7. The lowest BCUT2D eigenvalue weighted by atomic mass is 10.1.